The molecule has 1 N–H and O–H groups in total. The van der Waals surface area contributed by atoms with Crippen molar-refractivity contribution in [3.8, 4) is 0 Å². The second-order valence-corrected chi connectivity index (χ2v) is 8.29. The van der Waals surface area contributed by atoms with Gasteiger partial charge in [0.1, 0.15) is 24.4 Å². The quantitative estimate of drug-likeness (QED) is 0.461. The van der Waals surface area contributed by atoms with Crippen molar-refractivity contribution in [2.75, 3.05) is 13.7 Å². The molecule has 180 valence electrons. The smallest absolute Gasteiger partial charge is 0.184 e. The fraction of sp³-hybridized carbons (Fsp3) is 0.357. The number of hydrogen-bond acceptors (Lipinski definition) is 6. The van der Waals surface area contributed by atoms with Gasteiger partial charge in [-0.3, -0.25) is 0 Å². The molecule has 1 saturated heterocycles. The number of methoxy groups -OCH3 is 1. The minimum atomic E-state index is -1.18. The summed E-state index contributed by atoms with van der Waals surface area (Å²) in [4.78, 5) is 0. The van der Waals surface area contributed by atoms with Crippen LogP contribution in [0, 0.1) is 0 Å². The first-order valence-electron chi connectivity index (χ1n) is 11.5. The number of aliphatic hydroxyl groups excluding tert-OH is 1. The topological polar surface area (TPSA) is 66.4 Å². The number of aliphatic hydroxyl groups is 1. The highest BCUT2D eigenvalue weighted by Crippen LogP contribution is 2.29. The predicted octanol–water partition coefficient (Wildman–Crippen LogP) is 4.11. The van der Waals surface area contributed by atoms with Crippen LogP contribution in [0.4, 0.5) is 0 Å². The molecule has 0 amide bonds. The maximum absolute atomic E-state index is 10.9. The summed E-state index contributed by atoms with van der Waals surface area (Å²) in [7, 11) is 1.61. The van der Waals surface area contributed by atoms with E-state index in [1.54, 1.807) is 7.11 Å². The molecule has 5 atom stereocenters. The van der Waals surface area contributed by atoms with Gasteiger partial charge in [-0.05, 0) is 16.7 Å². The Morgan fingerprint density at radius 2 is 1.12 bits per heavy atom. The van der Waals surface area contributed by atoms with E-state index in [4.69, 9.17) is 23.7 Å². The molecule has 0 saturated carbocycles. The van der Waals surface area contributed by atoms with Gasteiger partial charge in [-0.15, -0.1) is 0 Å². The van der Waals surface area contributed by atoms with E-state index in [9.17, 15) is 5.11 Å². The van der Waals surface area contributed by atoms with Crippen LogP contribution in [0.2, 0.25) is 0 Å². The molecule has 4 rings (SSSR count). The molecule has 1 heterocycles. The Morgan fingerprint density at radius 3 is 1.62 bits per heavy atom. The summed E-state index contributed by atoms with van der Waals surface area (Å²) in [6, 6.07) is 29.6. The van der Waals surface area contributed by atoms with Gasteiger partial charge in [0.2, 0.25) is 0 Å². The molecule has 0 spiro atoms. The van der Waals surface area contributed by atoms with Crippen LogP contribution >= 0.6 is 0 Å². The lowest BCUT2D eigenvalue weighted by molar-refractivity contribution is -0.312. The maximum atomic E-state index is 10.9. The number of rotatable bonds is 11. The first-order chi connectivity index (χ1) is 16.7. The molecule has 0 radical (unpaired) electrons. The summed E-state index contributed by atoms with van der Waals surface area (Å²) >= 11 is 0. The molecule has 6 heteroatoms. The Kier molecular flexibility index (Phi) is 9.21. The third-order valence-corrected chi connectivity index (χ3v) is 5.85. The third kappa shape index (κ3) is 6.73. The van der Waals surface area contributed by atoms with Gasteiger partial charge in [0.05, 0.1) is 26.4 Å². The lowest BCUT2D eigenvalue weighted by Crippen LogP contribution is -2.61. The van der Waals surface area contributed by atoms with E-state index in [1.807, 2.05) is 91.0 Å². The van der Waals surface area contributed by atoms with Crippen LogP contribution in [0.5, 0.6) is 0 Å². The fourth-order valence-corrected chi connectivity index (χ4v) is 4.08. The standard InChI is InChI=1S/C28H32O6/c1-30-25-24(20-31-17-21-11-5-2-6-12-21)34-28(29)27(33-19-23-15-9-4-10-16-23)26(25)32-18-22-13-7-3-8-14-22/h2-16,24-29H,17-20H2,1H3. The number of hydrogen-bond donors (Lipinski definition) is 1. The van der Waals surface area contributed by atoms with Crippen molar-refractivity contribution in [2.45, 2.75) is 50.5 Å². The van der Waals surface area contributed by atoms with Gasteiger partial charge >= 0.3 is 0 Å². The lowest BCUT2D eigenvalue weighted by Gasteiger charge is -2.44. The SMILES string of the molecule is COC1C(COCc2ccccc2)OC(O)C(OCc2ccccc2)C1OCc1ccccc1. The van der Waals surface area contributed by atoms with Crippen LogP contribution in [-0.2, 0) is 43.5 Å². The summed E-state index contributed by atoms with van der Waals surface area (Å²) in [5.74, 6) is 0. The monoisotopic (exact) mass is 464 g/mol. The summed E-state index contributed by atoms with van der Waals surface area (Å²) in [5, 5.41) is 10.9. The molecular weight excluding hydrogens is 432 g/mol. The minimum Gasteiger partial charge on any atom is -0.376 e. The molecule has 0 bridgehead atoms. The Balaban J connectivity index is 1.45. The van der Waals surface area contributed by atoms with Crippen LogP contribution in [-0.4, -0.2) is 49.5 Å². The Morgan fingerprint density at radius 1 is 0.647 bits per heavy atom. The largest absolute Gasteiger partial charge is 0.376 e. The molecule has 34 heavy (non-hydrogen) atoms. The van der Waals surface area contributed by atoms with E-state index < -0.39 is 30.7 Å². The normalized spacial score (nSPS) is 24.7. The average Bonchev–Trinajstić information content (AvgIpc) is 2.88. The van der Waals surface area contributed by atoms with Crippen LogP contribution < -0.4 is 0 Å². The Hall–Kier alpha value is -2.58. The van der Waals surface area contributed by atoms with Gasteiger partial charge < -0.3 is 28.8 Å². The van der Waals surface area contributed by atoms with Crippen LogP contribution in [0.1, 0.15) is 16.7 Å². The third-order valence-electron chi connectivity index (χ3n) is 5.85. The number of ether oxygens (including phenoxy) is 5. The zero-order valence-corrected chi connectivity index (χ0v) is 19.4. The van der Waals surface area contributed by atoms with Crippen LogP contribution in [0.3, 0.4) is 0 Å². The highest BCUT2D eigenvalue weighted by molar-refractivity contribution is 5.15. The van der Waals surface area contributed by atoms with Crippen molar-refractivity contribution >= 4 is 0 Å². The molecule has 0 aromatic heterocycles. The molecule has 1 aliphatic rings. The van der Waals surface area contributed by atoms with E-state index in [2.05, 4.69) is 0 Å². The molecule has 1 fully saturated rings. The second-order valence-electron chi connectivity index (χ2n) is 8.29. The van der Waals surface area contributed by atoms with E-state index in [0.29, 0.717) is 19.8 Å². The second kappa shape index (κ2) is 12.8. The Bertz CT molecular complexity index is 952. The molecule has 1 aliphatic heterocycles. The van der Waals surface area contributed by atoms with Crippen LogP contribution in [0.25, 0.3) is 0 Å². The van der Waals surface area contributed by atoms with E-state index in [0.717, 1.165) is 16.7 Å². The first-order valence-corrected chi connectivity index (χ1v) is 11.5. The summed E-state index contributed by atoms with van der Waals surface area (Å²) in [5.41, 5.74) is 3.09. The molecule has 3 aromatic carbocycles. The van der Waals surface area contributed by atoms with Gasteiger partial charge in [0.15, 0.2) is 6.29 Å². The zero-order chi connectivity index (χ0) is 23.6. The van der Waals surface area contributed by atoms with Gasteiger partial charge in [0, 0.05) is 7.11 Å². The predicted molar refractivity (Wildman–Crippen MR) is 128 cm³/mol. The van der Waals surface area contributed by atoms with Crippen molar-refractivity contribution in [3.63, 3.8) is 0 Å². The molecule has 5 unspecified atom stereocenters. The Labute approximate surface area is 201 Å². The van der Waals surface area contributed by atoms with E-state index in [1.165, 1.54) is 0 Å². The van der Waals surface area contributed by atoms with Crippen molar-refractivity contribution in [1.29, 1.82) is 0 Å². The molecule has 3 aromatic rings. The maximum Gasteiger partial charge on any atom is 0.184 e. The first kappa shape index (κ1) is 24.5. The van der Waals surface area contributed by atoms with Gasteiger partial charge in [-0.1, -0.05) is 91.0 Å². The fourth-order valence-electron chi connectivity index (χ4n) is 4.08. The van der Waals surface area contributed by atoms with Crippen molar-refractivity contribution in [3.05, 3.63) is 108 Å². The zero-order valence-electron chi connectivity index (χ0n) is 19.4. The molecular formula is C28H32O6. The van der Waals surface area contributed by atoms with Crippen molar-refractivity contribution in [2.24, 2.45) is 0 Å². The lowest BCUT2D eigenvalue weighted by atomic mass is 9.98. The average molecular weight is 465 g/mol. The number of benzene rings is 3. The van der Waals surface area contributed by atoms with Gasteiger partial charge in [0.25, 0.3) is 0 Å². The van der Waals surface area contributed by atoms with E-state index in [-0.39, 0.29) is 6.61 Å². The van der Waals surface area contributed by atoms with Gasteiger partial charge in [-0.2, -0.15) is 0 Å². The van der Waals surface area contributed by atoms with E-state index >= 15 is 0 Å². The highest BCUT2D eigenvalue weighted by Gasteiger charge is 2.47. The summed E-state index contributed by atoms with van der Waals surface area (Å²) < 4.78 is 30.0. The van der Waals surface area contributed by atoms with Crippen LogP contribution in [0.15, 0.2) is 91.0 Å². The highest BCUT2D eigenvalue weighted by atomic mass is 16.7. The van der Waals surface area contributed by atoms with Gasteiger partial charge in [-0.25, -0.2) is 0 Å². The van der Waals surface area contributed by atoms with Crippen molar-refractivity contribution < 1.29 is 28.8 Å². The summed E-state index contributed by atoms with van der Waals surface area (Å²) in [6.07, 6.45) is -3.45. The molecule has 0 aliphatic carbocycles. The summed E-state index contributed by atoms with van der Waals surface area (Å²) in [6.45, 7) is 1.38. The molecule has 6 nitrogen and oxygen atoms in total. The van der Waals surface area contributed by atoms with Crippen molar-refractivity contribution in [1.82, 2.24) is 0 Å². The minimum absolute atomic E-state index is 0.251.